The van der Waals surface area contributed by atoms with Gasteiger partial charge in [0.15, 0.2) is 6.04 Å². The average Bonchev–Trinajstić information content (AvgIpc) is 2.39. The van der Waals surface area contributed by atoms with Gasteiger partial charge in [-0.05, 0) is 31.9 Å². The predicted molar refractivity (Wildman–Crippen MR) is 73.6 cm³/mol. The number of para-hydroxylation sites is 1. The Kier molecular flexibility index (Phi) is 4.37. The number of hydrogen-bond acceptors (Lipinski definition) is 1. The van der Waals surface area contributed by atoms with Crippen molar-refractivity contribution in [3.05, 3.63) is 30.3 Å². The van der Waals surface area contributed by atoms with Gasteiger partial charge in [-0.2, -0.15) is 0 Å². The molecule has 2 rings (SSSR count). The van der Waals surface area contributed by atoms with Crippen molar-refractivity contribution in [1.29, 1.82) is 0 Å². The first-order valence-electron chi connectivity index (χ1n) is 6.87. The highest BCUT2D eigenvalue weighted by Crippen LogP contribution is 2.07. The number of carbonyl (C=O) groups excluding carboxylic acids is 1. The first-order chi connectivity index (χ1) is 8.66. The summed E-state index contributed by atoms with van der Waals surface area (Å²) < 4.78 is 0. The fourth-order valence-corrected chi connectivity index (χ4v) is 2.68. The van der Waals surface area contributed by atoms with E-state index in [1.165, 1.54) is 17.7 Å². The first-order valence-corrected chi connectivity index (χ1v) is 6.87. The number of hydrogen-bond donors (Lipinski definition) is 2. The Balaban J connectivity index is 1.92. The summed E-state index contributed by atoms with van der Waals surface area (Å²) in [5.74, 6) is 0.867. The largest absolute Gasteiger partial charge is 0.325 e. The molecule has 2 N–H and O–H groups in total. The molecule has 3 nitrogen and oxygen atoms in total. The number of quaternary nitrogens is 1. The van der Waals surface area contributed by atoms with E-state index < -0.39 is 0 Å². The molecule has 18 heavy (non-hydrogen) atoms. The minimum Gasteiger partial charge on any atom is -0.325 e. The molecule has 1 saturated heterocycles. The number of benzene rings is 1. The summed E-state index contributed by atoms with van der Waals surface area (Å²) in [5, 5.41) is 2.99. The smallest absolute Gasteiger partial charge is 0.282 e. The summed E-state index contributed by atoms with van der Waals surface area (Å²) in [5.41, 5.74) is 0.888. The van der Waals surface area contributed by atoms with E-state index in [1.54, 1.807) is 0 Å². The SMILES string of the molecule is C[C@@H]1CCC[NH+]([C@@H](C)C(=O)Nc2ccccc2)C1. The first kappa shape index (κ1) is 13.1. The van der Waals surface area contributed by atoms with Gasteiger partial charge >= 0.3 is 0 Å². The van der Waals surface area contributed by atoms with Crippen molar-refractivity contribution in [2.45, 2.75) is 32.7 Å². The molecule has 0 spiro atoms. The molecule has 3 atom stereocenters. The van der Waals surface area contributed by atoms with Gasteiger partial charge < -0.3 is 10.2 Å². The number of rotatable bonds is 3. The molecule has 1 aliphatic rings. The number of anilines is 1. The molecule has 1 fully saturated rings. The Bertz CT molecular complexity index is 391. The Morgan fingerprint density at radius 2 is 2.11 bits per heavy atom. The lowest BCUT2D eigenvalue weighted by molar-refractivity contribution is -0.922. The van der Waals surface area contributed by atoms with Crippen LogP contribution in [0.1, 0.15) is 26.7 Å². The van der Waals surface area contributed by atoms with Crippen LogP contribution in [0.4, 0.5) is 5.69 Å². The van der Waals surface area contributed by atoms with Gasteiger partial charge in [-0.1, -0.05) is 25.1 Å². The zero-order valence-corrected chi connectivity index (χ0v) is 11.3. The highest BCUT2D eigenvalue weighted by Gasteiger charge is 2.29. The van der Waals surface area contributed by atoms with Crippen molar-refractivity contribution in [3.63, 3.8) is 0 Å². The van der Waals surface area contributed by atoms with E-state index in [2.05, 4.69) is 12.2 Å². The Labute approximate surface area is 109 Å². The molecule has 1 aliphatic heterocycles. The second-order valence-corrected chi connectivity index (χ2v) is 5.44. The summed E-state index contributed by atoms with van der Waals surface area (Å²) in [7, 11) is 0. The van der Waals surface area contributed by atoms with Gasteiger partial charge in [-0.15, -0.1) is 0 Å². The lowest BCUT2D eigenvalue weighted by Gasteiger charge is -2.31. The molecule has 0 aromatic heterocycles. The molecular weight excluding hydrogens is 224 g/mol. The summed E-state index contributed by atoms with van der Waals surface area (Å²) >= 11 is 0. The maximum atomic E-state index is 12.2. The van der Waals surface area contributed by atoms with Gasteiger partial charge in [0.2, 0.25) is 0 Å². The monoisotopic (exact) mass is 247 g/mol. The zero-order chi connectivity index (χ0) is 13.0. The second-order valence-electron chi connectivity index (χ2n) is 5.44. The van der Waals surface area contributed by atoms with Gasteiger partial charge in [0.1, 0.15) is 0 Å². The Morgan fingerprint density at radius 3 is 2.78 bits per heavy atom. The van der Waals surface area contributed by atoms with E-state index in [0.717, 1.165) is 24.7 Å². The quantitative estimate of drug-likeness (QED) is 0.830. The minimum atomic E-state index is 0.0351. The van der Waals surface area contributed by atoms with Crippen LogP contribution in [0.5, 0.6) is 0 Å². The van der Waals surface area contributed by atoms with E-state index in [0.29, 0.717) is 0 Å². The van der Waals surface area contributed by atoms with E-state index in [9.17, 15) is 4.79 Å². The van der Waals surface area contributed by atoms with Gasteiger partial charge in [0.05, 0.1) is 13.1 Å². The van der Waals surface area contributed by atoms with Gasteiger partial charge in [-0.25, -0.2) is 0 Å². The predicted octanol–water partition coefficient (Wildman–Crippen LogP) is 1.33. The van der Waals surface area contributed by atoms with Crippen molar-refractivity contribution in [3.8, 4) is 0 Å². The third-order valence-electron chi connectivity index (χ3n) is 3.85. The maximum absolute atomic E-state index is 12.2. The molecule has 1 unspecified atom stereocenters. The molecule has 1 aromatic carbocycles. The van der Waals surface area contributed by atoms with Crippen LogP contribution >= 0.6 is 0 Å². The number of amides is 1. The van der Waals surface area contributed by atoms with E-state index in [-0.39, 0.29) is 11.9 Å². The fourth-order valence-electron chi connectivity index (χ4n) is 2.68. The molecule has 0 radical (unpaired) electrons. The second kappa shape index (κ2) is 6.01. The number of piperidine rings is 1. The third-order valence-corrected chi connectivity index (χ3v) is 3.85. The molecule has 0 bridgehead atoms. The van der Waals surface area contributed by atoms with Gasteiger partial charge in [0.25, 0.3) is 5.91 Å². The molecule has 0 aliphatic carbocycles. The normalized spacial score (nSPS) is 25.4. The van der Waals surface area contributed by atoms with Crippen molar-refractivity contribution < 1.29 is 9.69 Å². The molecule has 1 heterocycles. The lowest BCUT2D eigenvalue weighted by atomic mass is 9.99. The van der Waals surface area contributed by atoms with E-state index >= 15 is 0 Å². The summed E-state index contributed by atoms with van der Waals surface area (Å²) in [6.07, 6.45) is 2.54. The van der Waals surface area contributed by atoms with Crippen molar-refractivity contribution in [2.24, 2.45) is 5.92 Å². The standard InChI is InChI=1S/C15H22N2O/c1-12-7-6-10-17(11-12)13(2)15(18)16-14-8-4-3-5-9-14/h3-5,8-9,12-13H,6-7,10-11H2,1-2H3,(H,16,18)/p+1/t12-,13+/m1/s1. The van der Waals surface area contributed by atoms with Crippen LogP contribution in [0.2, 0.25) is 0 Å². The van der Waals surface area contributed by atoms with Crippen LogP contribution in [0.25, 0.3) is 0 Å². The maximum Gasteiger partial charge on any atom is 0.282 e. The van der Waals surface area contributed by atoms with Crippen LogP contribution in [-0.4, -0.2) is 25.0 Å². The fraction of sp³-hybridized carbons (Fsp3) is 0.533. The van der Waals surface area contributed by atoms with Crippen LogP contribution in [-0.2, 0) is 4.79 Å². The van der Waals surface area contributed by atoms with Gasteiger partial charge in [0, 0.05) is 11.6 Å². The lowest BCUT2D eigenvalue weighted by Crippen LogP contribution is -3.17. The molecular formula is C15H23N2O+. The number of likely N-dealkylation sites (tertiary alicyclic amines) is 1. The van der Waals surface area contributed by atoms with Crippen molar-refractivity contribution in [1.82, 2.24) is 0 Å². The highest BCUT2D eigenvalue weighted by molar-refractivity contribution is 5.93. The number of carbonyl (C=O) groups is 1. The molecule has 0 saturated carbocycles. The number of nitrogens with one attached hydrogen (secondary N) is 2. The van der Waals surface area contributed by atoms with E-state index in [1.807, 2.05) is 37.3 Å². The van der Waals surface area contributed by atoms with E-state index in [4.69, 9.17) is 0 Å². The van der Waals surface area contributed by atoms with Crippen LogP contribution in [0.3, 0.4) is 0 Å². The summed E-state index contributed by atoms with van der Waals surface area (Å²) in [6, 6.07) is 9.73. The highest BCUT2D eigenvalue weighted by atomic mass is 16.2. The summed E-state index contributed by atoms with van der Waals surface area (Å²) in [4.78, 5) is 13.6. The van der Waals surface area contributed by atoms with Crippen LogP contribution < -0.4 is 10.2 Å². The van der Waals surface area contributed by atoms with Crippen LogP contribution in [0.15, 0.2) is 30.3 Å². The summed E-state index contributed by atoms with van der Waals surface area (Å²) in [6.45, 7) is 6.55. The molecule has 1 amide bonds. The Morgan fingerprint density at radius 1 is 1.39 bits per heavy atom. The van der Waals surface area contributed by atoms with Crippen molar-refractivity contribution >= 4 is 11.6 Å². The molecule has 98 valence electrons. The topological polar surface area (TPSA) is 33.5 Å². The minimum absolute atomic E-state index is 0.0351. The average molecular weight is 247 g/mol. The third kappa shape index (κ3) is 3.33. The molecule has 3 heteroatoms. The van der Waals surface area contributed by atoms with Crippen LogP contribution in [0, 0.1) is 5.92 Å². The van der Waals surface area contributed by atoms with Gasteiger partial charge in [-0.3, -0.25) is 4.79 Å². The Hall–Kier alpha value is -1.35. The van der Waals surface area contributed by atoms with Crippen molar-refractivity contribution in [2.75, 3.05) is 18.4 Å². The zero-order valence-electron chi connectivity index (χ0n) is 11.3. The molecule has 1 aromatic rings.